The van der Waals surface area contributed by atoms with E-state index in [-0.39, 0.29) is 0 Å². The number of nitrogens with one attached hydrogen (secondary N) is 1. The number of benzene rings is 1. The molecule has 1 heterocycles. The smallest absolute Gasteiger partial charge is 0.0458 e. The van der Waals surface area contributed by atoms with Crippen molar-refractivity contribution in [1.29, 1.82) is 0 Å². The Labute approximate surface area is 109 Å². The van der Waals surface area contributed by atoms with Gasteiger partial charge in [-0.25, -0.2) is 0 Å². The molecule has 3 rings (SSSR count). The number of aromatic nitrogens is 1. The number of nitrogens with two attached hydrogens (primary N) is 1. The van der Waals surface area contributed by atoms with Gasteiger partial charge in [-0.3, -0.25) is 0 Å². The molecule has 18 heavy (non-hydrogen) atoms. The molecule has 0 spiro atoms. The quantitative estimate of drug-likeness (QED) is 0.849. The maximum Gasteiger partial charge on any atom is 0.0458 e. The van der Waals surface area contributed by atoms with Crippen LogP contribution in [0.4, 0.5) is 0 Å². The van der Waals surface area contributed by atoms with Crippen molar-refractivity contribution >= 4 is 10.9 Å². The van der Waals surface area contributed by atoms with Crippen LogP contribution >= 0.6 is 0 Å². The minimum atomic E-state index is 0.398. The summed E-state index contributed by atoms with van der Waals surface area (Å²) in [6.45, 7) is 7.74. The van der Waals surface area contributed by atoms with Gasteiger partial charge in [-0.15, -0.1) is 0 Å². The minimum absolute atomic E-state index is 0.398. The lowest BCUT2D eigenvalue weighted by Crippen LogP contribution is -2.02. The Bertz CT molecular complexity index is 580. The lowest BCUT2D eigenvalue weighted by molar-refractivity contribution is 0.534. The lowest BCUT2D eigenvalue weighted by atomic mass is 10.0. The monoisotopic (exact) mass is 242 g/mol. The lowest BCUT2D eigenvalue weighted by Gasteiger charge is -2.03. The molecule has 1 fully saturated rings. The van der Waals surface area contributed by atoms with Crippen LogP contribution in [0.15, 0.2) is 24.3 Å². The number of aromatic amines is 1. The molecule has 0 saturated heterocycles. The van der Waals surface area contributed by atoms with E-state index in [4.69, 9.17) is 5.73 Å². The first-order chi connectivity index (χ1) is 8.57. The highest BCUT2D eigenvalue weighted by Gasteiger charge is 2.58. The zero-order valence-electron chi connectivity index (χ0n) is 11.5. The zero-order valence-corrected chi connectivity index (χ0v) is 11.5. The van der Waals surface area contributed by atoms with Gasteiger partial charge in [0.15, 0.2) is 0 Å². The van der Waals surface area contributed by atoms with Crippen molar-refractivity contribution in [2.45, 2.75) is 33.1 Å². The molecule has 1 aliphatic carbocycles. The van der Waals surface area contributed by atoms with Crippen molar-refractivity contribution in [1.82, 2.24) is 4.98 Å². The first-order valence-corrected chi connectivity index (χ1v) is 6.84. The first-order valence-electron chi connectivity index (χ1n) is 6.84. The van der Waals surface area contributed by atoms with Crippen LogP contribution in [-0.4, -0.2) is 11.5 Å². The SMILES string of the molecule is Cc1[nH]c2ccccc2c1[C@H]1[C@@H](CCN)C1(C)C. The Morgan fingerprint density at radius 3 is 2.72 bits per heavy atom. The number of fused-ring (bicyclic) bond motifs is 1. The molecule has 2 nitrogen and oxygen atoms in total. The van der Waals surface area contributed by atoms with Gasteiger partial charge < -0.3 is 10.7 Å². The van der Waals surface area contributed by atoms with Crippen LogP contribution < -0.4 is 5.73 Å². The average Bonchev–Trinajstić information content (AvgIpc) is 2.70. The summed E-state index contributed by atoms with van der Waals surface area (Å²) in [4.78, 5) is 3.52. The highest BCUT2D eigenvalue weighted by atomic mass is 14.7. The van der Waals surface area contributed by atoms with Crippen molar-refractivity contribution in [2.24, 2.45) is 17.1 Å². The third-order valence-electron chi connectivity index (χ3n) is 4.78. The fraction of sp³-hybridized carbons (Fsp3) is 0.500. The number of aryl methyl sites for hydroxylation is 1. The number of rotatable bonds is 3. The maximum absolute atomic E-state index is 5.75. The van der Waals surface area contributed by atoms with Gasteiger partial charge in [-0.05, 0) is 48.8 Å². The van der Waals surface area contributed by atoms with Crippen molar-refractivity contribution < 1.29 is 0 Å². The van der Waals surface area contributed by atoms with Crippen LogP contribution in [-0.2, 0) is 0 Å². The molecule has 0 unspecified atom stereocenters. The van der Waals surface area contributed by atoms with Gasteiger partial charge >= 0.3 is 0 Å². The molecule has 1 aromatic heterocycles. The molecule has 3 N–H and O–H groups in total. The topological polar surface area (TPSA) is 41.8 Å². The number of para-hydroxylation sites is 1. The van der Waals surface area contributed by atoms with E-state index in [1.807, 2.05) is 0 Å². The van der Waals surface area contributed by atoms with E-state index in [1.54, 1.807) is 0 Å². The fourth-order valence-electron chi connectivity index (χ4n) is 3.73. The van der Waals surface area contributed by atoms with Crippen LogP contribution in [0.5, 0.6) is 0 Å². The van der Waals surface area contributed by atoms with E-state index < -0.39 is 0 Å². The zero-order chi connectivity index (χ0) is 12.9. The van der Waals surface area contributed by atoms with E-state index in [0.717, 1.165) is 18.9 Å². The molecule has 1 aliphatic rings. The van der Waals surface area contributed by atoms with Crippen molar-refractivity contribution in [3.8, 4) is 0 Å². The van der Waals surface area contributed by atoms with E-state index in [9.17, 15) is 0 Å². The maximum atomic E-state index is 5.75. The van der Waals surface area contributed by atoms with Crippen molar-refractivity contribution in [3.63, 3.8) is 0 Å². The molecular weight excluding hydrogens is 220 g/mol. The summed E-state index contributed by atoms with van der Waals surface area (Å²) in [5.74, 6) is 1.40. The third-order valence-corrected chi connectivity index (χ3v) is 4.78. The normalized spacial score (nSPS) is 25.6. The van der Waals surface area contributed by atoms with E-state index >= 15 is 0 Å². The summed E-state index contributed by atoms with van der Waals surface area (Å²) in [6.07, 6.45) is 1.14. The van der Waals surface area contributed by atoms with Crippen LogP contribution in [0.1, 0.15) is 37.4 Å². The van der Waals surface area contributed by atoms with Crippen LogP contribution in [0.25, 0.3) is 10.9 Å². The average molecular weight is 242 g/mol. The predicted octanol–water partition coefficient (Wildman–Crippen LogP) is 3.56. The Morgan fingerprint density at radius 1 is 1.28 bits per heavy atom. The number of hydrogen-bond acceptors (Lipinski definition) is 1. The third kappa shape index (κ3) is 1.52. The Balaban J connectivity index is 2.08. The van der Waals surface area contributed by atoms with Gasteiger partial charge in [0.1, 0.15) is 0 Å². The summed E-state index contributed by atoms with van der Waals surface area (Å²) in [7, 11) is 0. The molecule has 1 aromatic carbocycles. The highest BCUT2D eigenvalue weighted by molar-refractivity contribution is 5.85. The number of hydrogen-bond donors (Lipinski definition) is 2. The summed E-state index contributed by atoms with van der Waals surface area (Å²) in [5.41, 5.74) is 10.3. The second-order valence-electron chi connectivity index (χ2n) is 6.19. The second kappa shape index (κ2) is 3.86. The molecule has 96 valence electrons. The Kier molecular flexibility index (Phi) is 2.53. The molecule has 0 radical (unpaired) electrons. The van der Waals surface area contributed by atoms with Crippen molar-refractivity contribution in [3.05, 3.63) is 35.5 Å². The largest absolute Gasteiger partial charge is 0.358 e. The summed E-state index contributed by atoms with van der Waals surface area (Å²) >= 11 is 0. The van der Waals surface area contributed by atoms with Gasteiger partial charge in [-0.2, -0.15) is 0 Å². The second-order valence-corrected chi connectivity index (χ2v) is 6.19. The molecule has 0 amide bonds. The predicted molar refractivity (Wildman–Crippen MR) is 76.7 cm³/mol. The van der Waals surface area contributed by atoms with Gasteiger partial charge in [0.25, 0.3) is 0 Å². The van der Waals surface area contributed by atoms with E-state index in [2.05, 4.69) is 50.0 Å². The molecule has 1 saturated carbocycles. The van der Waals surface area contributed by atoms with E-state index in [0.29, 0.717) is 11.3 Å². The summed E-state index contributed by atoms with van der Waals surface area (Å²) in [6, 6.07) is 8.63. The summed E-state index contributed by atoms with van der Waals surface area (Å²) in [5, 5.41) is 1.40. The fourth-order valence-corrected chi connectivity index (χ4v) is 3.73. The Morgan fingerprint density at radius 2 is 2.00 bits per heavy atom. The molecule has 0 bridgehead atoms. The van der Waals surface area contributed by atoms with Crippen LogP contribution in [0.3, 0.4) is 0 Å². The molecule has 2 aromatic rings. The highest BCUT2D eigenvalue weighted by Crippen LogP contribution is 2.67. The standard InChI is InChI=1S/C16H22N2/c1-10-14(11-6-4-5-7-13(11)18-10)15-12(8-9-17)16(15,2)3/h4-7,12,15,18H,8-9,17H2,1-3H3/t12-,15-/m1/s1. The van der Waals surface area contributed by atoms with E-state index in [1.165, 1.54) is 22.2 Å². The van der Waals surface area contributed by atoms with Gasteiger partial charge in [-0.1, -0.05) is 32.0 Å². The first kappa shape index (κ1) is 11.8. The Hall–Kier alpha value is -1.28. The van der Waals surface area contributed by atoms with Gasteiger partial charge in [0.05, 0.1) is 0 Å². The minimum Gasteiger partial charge on any atom is -0.358 e. The van der Waals surface area contributed by atoms with Crippen LogP contribution in [0.2, 0.25) is 0 Å². The van der Waals surface area contributed by atoms with Gasteiger partial charge in [0, 0.05) is 16.6 Å². The van der Waals surface area contributed by atoms with Gasteiger partial charge in [0.2, 0.25) is 0 Å². The molecular formula is C16H22N2. The van der Waals surface area contributed by atoms with Crippen molar-refractivity contribution in [2.75, 3.05) is 6.54 Å². The number of H-pyrrole nitrogens is 1. The molecule has 2 atom stereocenters. The van der Waals surface area contributed by atoms with Crippen LogP contribution in [0, 0.1) is 18.3 Å². The molecule has 2 heteroatoms. The summed E-state index contributed by atoms with van der Waals surface area (Å²) < 4.78 is 0. The molecule has 0 aliphatic heterocycles.